The minimum absolute atomic E-state index is 0.171. The van der Waals surface area contributed by atoms with Crippen LogP contribution in [0.1, 0.15) is 26.3 Å². The molecule has 0 atom stereocenters. The Hall–Kier alpha value is -2.40. The van der Waals surface area contributed by atoms with E-state index in [1.165, 1.54) is 0 Å². The third-order valence-corrected chi connectivity index (χ3v) is 5.26. The van der Waals surface area contributed by atoms with Gasteiger partial charge in [-0.2, -0.15) is 0 Å². The molecule has 1 heterocycles. The summed E-state index contributed by atoms with van der Waals surface area (Å²) in [6.45, 7) is 6.17. The molecule has 1 aromatic heterocycles. The molecule has 0 amide bonds. The van der Waals surface area contributed by atoms with E-state index in [9.17, 15) is 8.42 Å². The highest BCUT2D eigenvalue weighted by atomic mass is 32.2. The van der Waals surface area contributed by atoms with Crippen molar-refractivity contribution in [2.24, 2.45) is 0 Å². The van der Waals surface area contributed by atoms with E-state index in [0.717, 1.165) is 10.9 Å². The van der Waals surface area contributed by atoms with E-state index in [4.69, 9.17) is 0 Å². The Morgan fingerprint density at radius 3 is 2.38 bits per heavy atom. The van der Waals surface area contributed by atoms with Crippen LogP contribution < -0.4 is 4.72 Å². The lowest BCUT2D eigenvalue weighted by Gasteiger charge is -2.23. The number of nitrogens with one attached hydrogen (secondary N) is 1. The number of pyridine rings is 1. The second kappa shape index (κ2) is 5.91. The number of nitrogens with zero attached hydrogens (tertiary/aromatic N) is 1. The molecule has 5 heteroatoms. The summed E-state index contributed by atoms with van der Waals surface area (Å²) in [5.41, 5.74) is 1.84. The number of aromatic nitrogens is 1. The molecule has 3 aromatic rings. The summed E-state index contributed by atoms with van der Waals surface area (Å²) >= 11 is 0. The minimum Gasteiger partial charge on any atom is -0.279 e. The van der Waals surface area contributed by atoms with Gasteiger partial charge in [-0.3, -0.25) is 9.71 Å². The van der Waals surface area contributed by atoms with Crippen molar-refractivity contribution in [3.05, 3.63) is 66.4 Å². The third-order valence-electron chi connectivity index (χ3n) is 3.86. The Morgan fingerprint density at radius 2 is 1.62 bits per heavy atom. The summed E-state index contributed by atoms with van der Waals surface area (Å²) in [6.07, 6.45) is 1.60. The zero-order valence-electron chi connectivity index (χ0n) is 13.9. The molecule has 0 spiro atoms. The van der Waals surface area contributed by atoms with Gasteiger partial charge in [0.15, 0.2) is 0 Å². The van der Waals surface area contributed by atoms with Gasteiger partial charge in [-0.1, -0.05) is 57.2 Å². The van der Waals surface area contributed by atoms with Crippen molar-refractivity contribution in [1.82, 2.24) is 4.98 Å². The van der Waals surface area contributed by atoms with Crippen molar-refractivity contribution in [3.8, 4) is 0 Å². The predicted molar refractivity (Wildman–Crippen MR) is 97.7 cm³/mol. The number of sulfonamides is 1. The zero-order valence-corrected chi connectivity index (χ0v) is 14.8. The highest BCUT2D eigenvalue weighted by Gasteiger charge is 2.23. The number of fused-ring (bicyclic) bond motifs is 1. The Bertz CT molecular complexity index is 984. The Kier molecular flexibility index (Phi) is 4.05. The van der Waals surface area contributed by atoms with E-state index >= 15 is 0 Å². The molecule has 0 fully saturated rings. The van der Waals surface area contributed by atoms with E-state index in [2.05, 4.69) is 30.5 Å². The fourth-order valence-electron chi connectivity index (χ4n) is 2.72. The summed E-state index contributed by atoms with van der Waals surface area (Å²) < 4.78 is 28.6. The maximum atomic E-state index is 12.9. The largest absolute Gasteiger partial charge is 0.279 e. The second-order valence-corrected chi connectivity index (χ2v) is 8.38. The minimum atomic E-state index is -3.74. The molecule has 0 aliphatic rings. The number of anilines is 1. The van der Waals surface area contributed by atoms with Crippen LogP contribution in [0, 0.1) is 0 Å². The fourth-order valence-corrected chi connectivity index (χ4v) is 3.98. The molecule has 2 aromatic carbocycles. The highest BCUT2D eigenvalue weighted by Crippen LogP contribution is 2.31. The Labute approximate surface area is 142 Å². The lowest BCUT2D eigenvalue weighted by atomic mass is 9.86. The quantitative estimate of drug-likeness (QED) is 0.772. The lowest BCUT2D eigenvalue weighted by molar-refractivity contribution is 0.590. The third kappa shape index (κ3) is 3.12. The number of hydrogen-bond acceptors (Lipinski definition) is 3. The molecule has 0 unspecified atom stereocenters. The van der Waals surface area contributed by atoms with Gasteiger partial charge < -0.3 is 0 Å². The molecule has 1 N–H and O–H groups in total. The van der Waals surface area contributed by atoms with Gasteiger partial charge in [-0.15, -0.1) is 0 Å². The van der Waals surface area contributed by atoms with E-state index in [0.29, 0.717) is 11.2 Å². The number of rotatable bonds is 3. The molecule has 4 nitrogen and oxygen atoms in total. The molecule has 0 radical (unpaired) electrons. The summed E-state index contributed by atoms with van der Waals surface area (Å²) in [4.78, 5) is 4.43. The predicted octanol–water partition coefficient (Wildman–Crippen LogP) is 4.33. The van der Waals surface area contributed by atoms with Crippen LogP contribution in [-0.4, -0.2) is 13.4 Å². The molecule has 0 aliphatic heterocycles. The van der Waals surface area contributed by atoms with Crippen molar-refractivity contribution in [1.29, 1.82) is 0 Å². The molecule has 0 bridgehead atoms. The van der Waals surface area contributed by atoms with Crippen molar-refractivity contribution >= 4 is 26.6 Å². The zero-order chi connectivity index (χ0) is 17.4. The van der Waals surface area contributed by atoms with Gasteiger partial charge in [-0.25, -0.2) is 8.42 Å². The van der Waals surface area contributed by atoms with Gasteiger partial charge in [0, 0.05) is 11.6 Å². The maximum absolute atomic E-state index is 12.9. The molecule has 124 valence electrons. The van der Waals surface area contributed by atoms with Crippen LogP contribution in [0.15, 0.2) is 65.7 Å². The van der Waals surface area contributed by atoms with Gasteiger partial charge >= 0.3 is 0 Å². The summed E-state index contributed by atoms with van der Waals surface area (Å²) in [5.74, 6) is 0. The number of benzene rings is 2. The summed E-state index contributed by atoms with van der Waals surface area (Å²) in [5, 5.41) is 0.796. The molecule has 24 heavy (non-hydrogen) atoms. The first kappa shape index (κ1) is 16.5. The van der Waals surface area contributed by atoms with Gasteiger partial charge in [0.05, 0.1) is 11.2 Å². The molecular weight excluding hydrogens is 320 g/mol. The van der Waals surface area contributed by atoms with E-state index in [1.807, 2.05) is 30.3 Å². The molecule has 0 saturated carbocycles. The second-order valence-electron chi connectivity index (χ2n) is 6.73. The van der Waals surface area contributed by atoms with Crippen LogP contribution in [0.4, 0.5) is 5.69 Å². The van der Waals surface area contributed by atoms with Crippen LogP contribution in [0.3, 0.4) is 0 Å². The smallest absolute Gasteiger partial charge is 0.264 e. The monoisotopic (exact) mass is 340 g/mol. The van der Waals surface area contributed by atoms with E-state index in [-0.39, 0.29) is 10.3 Å². The van der Waals surface area contributed by atoms with Crippen molar-refractivity contribution in [2.75, 3.05) is 4.72 Å². The maximum Gasteiger partial charge on any atom is 0.264 e. The van der Waals surface area contributed by atoms with Crippen LogP contribution in [0.2, 0.25) is 0 Å². The van der Waals surface area contributed by atoms with Gasteiger partial charge in [0.1, 0.15) is 4.90 Å². The van der Waals surface area contributed by atoms with Crippen LogP contribution in [0.25, 0.3) is 10.9 Å². The first-order valence-electron chi connectivity index (χ1n) is 7.75. The topological polar surface area (TPSA) is 59.1 Å². The molecule has 0 saturated heterocycles. The Balaban J connectivity index is 2.10. The lowest BCUT2D eigenvalue weighted by Crippen LogP contribution is -2.19. The summed E-state index contributed by atoms with van der Waals surface area (Å²) in [6, 6.07) is 16.3. The van der Waals surface area contributed by atoms with Crippen LogP contribution in [0.5, 0.6) is 0 Å². The van der Waals surface area contributed by atoms with Gasteiger partial charge in [0.25, 0.3) is 10.0 Å². The van der Waals surface area contributed by atoms with Crippen molar-refractivity contribution in [3.63, 3.8) is 0 Å². The summed E-state index contributed by atoms with van der Waals surface area (Å²) in [7, 11) is -3.74. The van der Waals surface area contributed by atoms with E-state index < -0.39 is 10.0 Å². The SMILES string of the molecule is CC(C)(C)c1ccccc1NS(=O)(=O)c1cccc2cccnc12. The van der Waals surface area contributed by atoms with Gasteiger partial charge in [0.2, 0.25) is 0 Å². The normalized spacial score (nSPS) is 12.3. The van der Waals surface area contributed by atoms with Gasteiger partial charge in [-0.05, 0) is 29.2 Å². The van der Waals surface area contributed by atoms with E-state index in [1.54, 1.807) is 30.5 Å². The van der Waals surface area contributed by atoms with Crippen molar-refractivity contribution < 1.29 is 8.42 Å². The standard InChI is InChI=1S/C19H20N2O2S/c1-19(2,3)15-10-4-5-11-16(15)21-24(22,23)17-12-6-8-14-9-7-13-20-18(14)17/h4-13,21H,1-3H3. The fraction of sp³-hybridized carbons (Fsp3) is 0.211. The average Bonchev–Trinajstić information content (AvgIpc) is 2.53. The van der Waals surface area contributed by atoms with Crippen LogP contribution >= 0.6 is 0 Å². The highest BCUT2D eigenvalue weighted by molar-refractivity contribution is 7.93. The first-order valence-corrected chi connectivity index (χ1v) is 9.23. The first-order chi connectivity index (χ1) is 11.3. The van der Waals surface area contributed by atoms with Crippen molar-refractivity contribution in [2.45, 2.75) is 31.1 Å². The number of para-hydroxylation sites is 2. The Morgan fingerprint density at radius 1 is 0.917 bits per heavy atom. The average molecular weight is 340 g/mol. The molecule has 3 rings (SSSR count). The molecule has 0 aliphatic carbocycles. The van der Waals surface area contributed by atoms with Crippen LogP contribution in [-0.2, 0) is 15.4 Å². The number of hydrogen-bond donors (Lipinski definition) is 1. The molecular formula is C19H20N2O2S.